The van der Waals surface area contributed by atoms with Gasteiger partial charge in [0.1, 0.15) is 0 Å². The predicted molar refractivity (Wildman–Crippen MR) is 83.3 cm³/mol. The van der Waals surface area contributed by atoms with Crippen molar-refractivity contribution in [2.75, 3.05) is 6.54 Å². The summed E-state index contributed by atoms with van der Waals surface area (Å²) in [7, 11) is -3.55. The van der Waals surface area contributed by atoms with Crippen molar-refractivity contribution in [3.8, 4) is 0 Å². The van der Waals surface area contributed by atoms with E-state index >= 15 is 0 Å². The monoisotopic (exact) mass is 318 g/mol. The third-order valence-corrected chi connectivity index (χ3v) is 5.43. The molecule has 0 amide bonds. The van der Waals surface area contributed by atoms with Crippen LogP contribution in [0.15, 0.2) is 17.0 Å². The van der Waals surface area contributed by atoms with Gasteiger partial charge in [-0.05, 0) is 36.1 Å². The van der Waals surface area contributed by atoms with Gasteiger partial charge in [-0.1, -0.05) is 38.3 Å². The van der Waals surface area contributed by atoms with Crippen molar-refractivity contribution >= 4 is 21.6 Å². The molecule has 0 radical (unpaired) electrons. The van der Waals surface area contributed by atoms with E-state index in [1.807, 2.05) is 0 Å². The van der Waals surface area contributed by atoms with E-state index < -0.39 is 10.0 Å². The van der Waals surface area contributed by atoms with Crippen LogP contribution >= 0.6 is 11.6 Å². The summed E-state index contributed by atoms with van der Waals surface area (Å²) in [5.41, 5.74) is 7.03. The molecule has 0 aliphatic rings. The molecule has 0 heterocycles. The third-order valence-electron chi connectivity index (χ3n) is 3.66. The molecule has 0 saturated carbocycles. The maximum Gasteiger partial charge on any atom is 0.240 e. The van der Waals surface area contributed by atoms with Crippen molar-refractivity contribution in [3.63, 3.8) is 0 Å². The zero-order chi connectivity index (χ0) is 15.3. The van der Waals surface area contributed by atoms with Gasteiger partial charge in [0.15, 0.2) is 0 Å². The van der Waals surface area contributed by atoms with Crippen LogP contribution in [0.2, 0.25) is 5.02 Å². The largest absolute Gasteiger partial charge is 0.326 e. The topological polar surface area (TPSA) is 72.2 Å². The van der Waals surface area contributed by atoms with E-state index in [4.69, 9.17) is 17.3 Å². The van der Waals surface area contributed by atoms with Gasteiger partial charge in [-0.3, -0.25) is 0 Å². The fraction of sp³-hybridized carbons (Fsp3) is 0.571. The molecule has 0 spiro atoms. The highest BCUT2D eigenvalue weighted by Crippen LogP contribution is 2.24. The van der Waals surface area contributed by atoms with Crippen molar-refractivity contribution in [1.29, 1.82) is 0 Å². The summed E-state index contributed by atoms with van der Waals surface area (Å²) in [6.07, 6.45) is 1.89. The van der Waals surface area contributed by atoms with Gasteiger partial charge in [0.25, 0.3) is 0 Å². The summed E-state index contributed by atoms with van der Waals surface area (Å²) < 4.78 is 27.5. The molecule has 3 N–H and O–H groups in total. The minimum absolute atomic E-state index is 0.219. The first-order chi connectivity index (χ1) is 9.35. The number of halogens is 1. The lowest BCUT2D eigenvalue weighted by atomic mass is 10.0. The van der Waals surface area contributed by atoms with Crippen LogP contribution in [0, 0.1) is 12.8 Å². The Balaban J connectivity index is 3.06. The van der Waals surface area contributed by atoms with Crippen LogP contribution in [0.4, 0.5) is 0 Å². The molecular formula is C14H23ClN2O2S. The average molecular weight is 319 g/mol. The first-order valence-corrected chi connectivity index (χ1v) is 8.70. The molecule has 0 saturated heterocycles. The molecular weight excluding hydrogens is 296 g/mol. The molecule has 0 bridgehead atoms. The molecule has 6 heteroatoms. The first-order valence-electron chi connectivity index (χ1n) is 6.84. The lowest BCUT2D eigenvalue weighted by Gasteiger charge is -2.16. The Morgan fingerprint density at radius 2 is 1.90 bits per heavy atom. The van der Waals surface area contributed by atoms with Gasteiger partial charge < -0.3 is 5.73 Å². The second-order valence-electron chi connectivity index (χ2n) is 4.93. The Kier molecular flexibility index (Phi) is 6.45. The van der Waals surface area contributed by atoms with Gasteiger partial charge >= 0.3 is 0 Å². The molecule has 20 heavy (non-hydrogen) atoms. The summed E-state index contributed by atoms with van der Waals surface area (Å²) in [6.45, 7) is 6.57. The fourth-order valence-electron chi connectivity index (χ4n) is 2.08. The van der Waals surface area contributed by atoms with E-state index in [0.29, 0.717) is 23.0 Å². The normalized spacial score (nSPS) is 12.1. The summed E-state index contributed by atoms with van der Waals surface area (Å²) in [6, 6.07) is 3.18. The van der Waals surface area contributed by atoms with Gasteiger partial charge in [0.2, 0.25) is 10.0 Å². The molecule has 1 aromatic rings. The van der Waals surface area contributed by atoms with Crippen molar-refractivity contribution in [1.82, 2.24) is 4.72 Å². The quantitative estimate of drug-likeness (QED) is 0.812. The number of benzene rings is 1. The highest BCUT2D eigenvalue weighted by atomic mass is 35.5. The molecule has 0 aromatic heterocycles. The number of sulfonamides is 1. The number of hydrogen-bond acceptors (Lipinski definition) is 3. The van der Waals surface area contributed by atoms with Crippen molar-refractivity contribution in [2.24, 2.45) is 11.7 Å². The van der Waals surface area contributed by atoms with E-state index in [9.17, 15) is 8.42 Å². The second kappa shape index (κ2) is 7.41. The van der Waals surface area contributed by atoms with E-state index in [0.717, 1.165) is 18.4 Å². The lowest BCUT2D eigenvalue weighted by molar-refractivity contribution is 0.478. The minimum atomic E-state index is -3.55. The van der Waals surface area contributed by atoms with Crippen LogP contribution in [-0.2, 0) is 16.6 Å². The minimum Gasteiger partial charge on any atom is -0.326 e. The van der Waals surface area contributed by atoms with Gasteiger partial charge in [-0.2, -0.15) is 0 Å². The first kappa shape index (κ1) is 17.4. The highest BCUT2D eigenvalue weighted by Gasteiger charge is 2.20. The Morgan fingerprint density at radius 3 is 2.40 bits per heavy atom. The molecule has 1 rings (SSSR count). The number of hydrogen-bond donors (Lipinski definition) is 2. The van der Waals surface area contributed by atoms with Crippen molar-refractivity contribution in [3.05, 3.63) is 28.3 Å². The van der Waals surface area contributed by atoms with Gasteiger partial charge in [0.05, 0.1) is 4.90 Å². The van der Waals surface area contributed by atoms with Crippen LogP contribution in [0.25, 0.3) is 0 Å². The Bertz CT molecular complexity index is 555. The van der Waals surface area contributed by atoms with E-state index in [1.54, 1.807) is 13.0 Å². The van der Waals surface area contributed by atoms with Crippen LogP contribution in [0.5, 0.6) is 0 Å². The summed E-state index contributed by atoms with van der Waals surface area (Å²) in [5.74, 6) is 0.346. The van der Waals surface area contributed by atoms with Gasteiger partial charge in [-0.15, -0.1) is 0 Å². The van der Waals surface area contributed by atoms with Crippen LogP contribution in [0.3, 0.4) is 0 Å². The summed E-state index contributed by atoms with van der Waals surface area (Å²) >= 11 is 5.98. The van der Waals surface area contributed by atoms with E-state index in [1.165, 1.54) is 6.07 Å². The number of nitrogens with two attached hydrogens (primary N) is 1. The molecule has 114 valence electrons. The van der Waals surface area contributed by atoms with Crippen molar-refractivity contribution < 1.29 is 8.42 Å². The third kappa shape index (κ3) is 4.19. The van der Waals surface area contributed by atoms with Crippen molar-refractivity contribution in [2.45, 2.75) is 45.1 Å². The second-order valence-corrected chi connectivity index (χ2v) is 7.10. The average Bonchev–Trinajstić information content (AvgIpc) is 2.41. The van der Waals surface area contributed by atoms with E-state index in [-0.39, 0.29) is 11.4 Å². The zero-order valence-electron chi connectivity index (χ0n) is 12.2. The Morgan fingerprint density at radius 1 is 1.30 bits per heavy atom. The molecule has 0 aliphatic carbocycles. The molecule has 1 aromatic carbocycles. The predicted octanol–water partition coefficient (Wildman–Crippen LogP) is 2.82. The van der Waals surface area contributed by atoms with Crippen LogP contribution in [0.1, 0.15) is 37.8 Å². The molecule has 4 nitrogen and oxygen atoms in total. The lowest BCUT2D eigenvalue weighted by Crippen LogP contribution is -2.29. The van der Waals surface area contributed by atoms with Crippen LogP contribution < -0.4 is 10.5 Å². The van der Waals surface area contributed by atoms with E-state index in [2.05, 4.69) is 18.6 Å². The Hall–Kier alpha value is -0.620. The molecule has 0 unspecified atom stereocenters. The number of nitrogens with one attached hydrogen (secondary N) is 1. The smallest absolute Gasteiger partial charge is 0.240 e. The SMILES string of the molecule is CCC(CC)CNS(=O)(=O)c1cc(Cl)cc(CN)c1C. The Labute approximate surface area is 126 Å². The van der Waals surface area contributed by atoms with Gasteiger partial charge in [0, 0.05) is 18.1 Å². The molecule has 0 fully saturated rings. The van der Waals surface area contributed by atoms with Gasteiger partial charge in [-0.25, -0.2) is 13.1 Å². The standard InChI is InChI=1S/C14H23ClN2O2S/c1-4-11(5-2)9-17-20(18,19)14-7-13(15)6-12(8-16)10(14)3/h6-7,11,17H,4-5,8-9,16H2,1-3H3. The maximum absolute atomic E-state index is 12.4. The maximum atomic E-state index is 12.4. The summed E-state index contributed by atoms with van der Waals surface area (Å²) in [5, 5.41) is 0.388. The zero-order valence-corrected chi connectivity index (χ0v) is 13.8. The molecule has 0 atom stereocenters. The number of rotatable bonds is 7. The highest BCUT2D eigenvalue weighted by molar-refractivity contribution is 7.89. The fourth-order valence-corrected chi connectivity index (χ4v) is 3.81. The van der Waals surface area contributed by atoms with Crippen LogP contribution in [-0.4, -0.2) is 15.0 Å². The summed E-state index contributed by atoms with van der Waals surface area (Å²) in [4.78, 5) is 0.219. The molecule has 0 aliphatic heterocycles.